The average Bonchev–Trinajstić information content (AvgIpc) is 3.29. The first-order valence-electron chi connectivity index (χ1n) is 12.8. The second-order valence-corrected chi connectivity index (χ2v) is 10.3. The fraction of sp³-hybridized carbons (Fsp3) is 0.519. The maximum Gasteiger partial charge on any atom is 0.338 e. The zero-order valence-electron chi connectivity index (χ0n) is 22.6. The lowest BCUT2D eigenvalue weighted by molar-refractivity contribution is -0.143. The summed E-state index contributed by atoms with van der Waals surface area (Å²) < 4.78 is 22.2. The SMILES string of the molecule is COc1ccc(OC)c([C@@H]2C(C(=O)OC(C)C)=C(C)N=C3SC=C(CC(=O)NCCN4CCOCC4)N32)c1. The molecule has 0 spiro atoms. The van der Waals surface area contributed by atoms with Crippen LogP contribution in [-0.4, -0.2) is 86.6 Å². The highest BCUT2D eigenvalue weighted by atomic mass is 32.2. The highest BCUT2D eigenvalue weighted by molar-refractivity contribution is 8.16. The van der Waals surface area contributed by atoms with Crippen LogP contribution in [0.5, 0.6) is 11.5 Å². The van der Waals surface area contributed by atoms with Gasteiger partial charge in [-0.25, -0.2) is 9.79 Å². The predicted octanol–water partition coefficient (Wildman–Crippen LogP) is 3.07. The lowest BCUT2D eigenvalue weighted by Gasteiger charge is -2.37. The zero-order chi connectivity index (χ0) is 27.2. The summed E-state index contributed by atoms with van der Waals surface area (Å²) in [5, 5.41) is 5.64. The molecule has 0 aromatic heterocycles. The van der Waals surface area contributed by atoms with Crippen molar-refractivity contribution in [1.29, 1.82) is 0 Å². The quantitative estimate of drug-likeness (QED) is 0.445. The van der Waals surface area contributed by atoms with Gasteiger partial charge in [-0.1, -0.05) is 11.8 Å². The zero-order valence-corrected chi connectivity index (χ0v) is 23.4. The molecule has 0 bridgehead atoms. The van der Waals surface area contributed by atoms with Crippen LogP contribution in [0.25, 0.3) is 0 Å². The number of benzene rings is 1. The summed E-state index contributed by atoms with van der Waals surface area (Å²) in [4.78, 5) is 35.3. The number of amidine groups is 1. The molecule has 11 heteroatoms. The van der Waals surface area contributed by atoms with Gasteiger partial charge in [0.15, 0.2) is 5.17 Å². The predicted molar refractivity (Wildman–Crippen MR) is 146 cm³/mol. The third-order valence-corrected chi connectivity index (χ3v) is 7.38. The van der Waals surface area contributed by atoms with Crippen LogP contribution in [0.1, 0.15) is 38.8 Å². The van der Waals surface area contributed by atoms with Crippen molar-refractivity contribution >= 4 is 28.8 Å². The summed E-state index contributed by atoms with van der Waals surface area (Å²) in [6, 6.07) is 4.86. The molecule has 3 heterocycles. The van der Waals surface area contributed by atoms with Crippen LogP contribution in [0.2, 0.25) is 0 Å². The number of aliphatic imine (C=N–C) groups is 1. The Morgan fingerprint density at radius 3 is 2.66 bits per heavy atom. The monoisotopic (exact) mass is 544 g/mol. The largest absolute Gasteiger partial charge is 0.497 e. The number of ether oxygens (including phenoxy) is 4. The van der Waals surface area contributed by atoms with Gasteiger partial charge in [0, 0.05) is 37.4 Å². The first-order valence-corrected chi connectivity index (χ1v) is 13.6. The van der Waals surface area contributed by atoms with E-state index in [4.69, 9.17) is 23.9 Å². The summed E-state index contributed by atoms with van der Waals surface area (Å²) in [5.74, 6) is 0.657. The van der Waals surface area contributed by atoms with Crippen molar-refractivity contribution in [3.8, 4) is 11.5 Å². The molecule has 3 aliphatic rings. The van der Waals surface area contributed by atoms with Crippen molar-refractivity contribution in [3.63, 3.8) is 0 Å². The minimum absolute atomic E-state index is 0.0969. The van der Waals surface area contributed by atoms with Crippen molar-refractivity contribution in [2.75, 3.05) is 53.6 Å². The van der Waals surface area contributed by atoms with Crippen molar-refractivity contribution < 1.29 is 28.5 Å². The molecule has 1 amide bonds. The highest BCUT2D eigenvalue weighted by Gasteiger charge is 2.42. The average molecular weight is 545 g/mol. The Morgan fingerprint density at radius 2 is 1.97 bits per heavy atom. The molecule has 1 atom stereocenters. The molecule has 1 N–H and O–H groups in total. The smallest absolute Gasteiger partial charge is 0.338 e. The van der Waals surface area contributed by atoms with Gasteiger partial charge in [0.05, 0.1) is 57.3 Å². The summed E-state index contributed by atoms with van der Waals surface area (Å²) in [6.45, 7) is 9.94. The number of esters is 1. The van der Waals surface area contributed by atoms with Gasteiger partial charge in [-0.3, -0.25) is 9.69 Å². The van der Waals surface area contributed by atoms with E-state index in [-0.39, 0.29) is 18.4 Å². The number of methoxy groups -OCH3 is 2. The standard InChI is InChI=1S/C27H36N4O6S/c1-17(2)37-26(33)24-18(3)29-27-31(25(24)21-15-20(34-4)6-7-22(21)35-5)19(16-38-27)14-23(32)28-8-9-30-10-12-36-13-11-30/h6-7,15-17,25H,8-14H2,1-5H3,(H,28,32)/t25-/m1/s1. The molecule has 206 valence electrons. The number of nitrogens with one attached hydrogen (secondary N) is 1. The number of carbonyl (C=O) groups excluding carboxylic acids is 2. The number of hydrogen-bond donors (Lipinski definition) is 1. The van der Waals surface area contributed by atoms with E-state index in [0.29, 0.717) is 34.5 Å². The maximum absolute atomic E-state index is 13.4. The van der Waals surface area contributed by atoms with Crippen LogP contribution in [-0.2, 0) is 19.1 Å². The van der Waals surface area contributed by atoms with Crippen LogP contribution in [0.15, 0.2) is 45.6 Å². The van der Waals surface area contributed by atoms with Gasteiger partial charge >= 0.3 is 5.97 Å². The molecule has 38 heavy (non-hydrogen) atoms. The highest BCUT2D eigenvalue weighted by Crippen LogP contribution is 2.47. The Balaban J connectivity index is 1.61. The minimum Gasteiger partial charge on any atom is -0.497 e. The van der Waals surface area contributed by atoms with Gasteiger partial charge in [0.2, 0.25) is 5.91 Å². The maximum atomic E-state index is 13.4. The molecule has 10 nitrogen and oxygen atoms in total. The third kappa shape index (κ3) is 6.33. The Kier molecular flexibility index (Phi) is 9.35. The molecule has 1 aromatic rings. The number of morpholine rings is 1. The molecular weight excluding hydrogens is 508 g/mol. The Hall–Kier alpha value is -3.02. The van der Waals surface area contributed by atoms with E-state index in [2.05, 4.69) is 10.2 Å². The Bertz CT molecular complexity index is 1140. The van der Waals surface area contributed by atoms with Crippen LogP contribution in [0, 0.1) is 0 Å². The number of carbonyl (C=O) groups is 2. The van der Waals surface area contributed by atoms with Gasteiger partial charge in [0.25, 0.3) is 0 Å². The molecule has 4 rings (SSSR count). The van der Waals surface area contributed by atoms with Crippen LogP contribution >= 0.6 is 11.8 Å². The Labute approximate surface area is 228 Å². The number of amides is 1. The van der Waals surface area contributed by atoms with E-state index in [1.807, 2.05) is 36.3 Å². The number of rotatable bonds is 10. The van der Waals surface area contributed by atoms with Gasteiger partial charge in [-0.05, 0) is 44.4 Å². The molecule has 0 unspecified atom stereocenters. The molecule has 0 saturated carbocycles. The van der Waals surface area contributed by atoms with Gasteiger partial charge < -0.3 is 29.2 Å². The summed E-state index contributed by atoms with van der Waals surface area (Å²) in [6.07, 6.45) is -0.162. The fourth-order valence-electron chi connectivity index (χ4n) is 4.66. The second-order valence-electron chi connectivity index (χ2n) is 9.44. The van der Waals surface area contributed by atoms with Crippen LogP contribution < -0.4 is 14.8 Å². The summed E-state index contributed by atoms with van der Waals surface area (Å²) in [7, 11) is 3.18. The third-order valence-electron chi connectivity index (χ3n) is 6.49. The summed E-state index contributed by atoms with van der Waals surface area (Å²) in [5.41, 5.74) is 2.43. The minimum atomic E-state index is -0.610. The van der Waals surface area contributed by atoms with Crippen molar-refractivity contribution in [3.05, 3.63) is 46.1 Å². The lowest BCUT2D eigenvalue weighted by atomic mass is 9.92. The number of fused-ring (bicyclic) bond motifs is 1. The van der Waals surface area contributed by atoms with Crippen molar-refractivity contribution in [2.45, 2.75) is 39.3 Å². The Morgan fingerprint density at radius 1 is 1.21 bits per heavy atom. The van der Waals surface area contributed by atoms with Crippen molar-refractivity contribution in [1.82, 2.24) is 15.1 Å². The molecule has 0 radical (unpaired) electrons. The number of hydrogen-bond acceptors (Lipinski definition) is 10. The second kappa shape index (κ2) is 12.7. The number of nitrogens with zero attached hydrogens (tertiary/aromatic N) is 3. The number of thioether (sulfide) groups is 1. The molecule has 3 aliphatic heterocycles. The first kappa shape index (κ1) is 28.0. The normalized spacial score (nSPS) is 19.6. The first-order chi connectivity index (χ1) is 18.3. The molecule has 1 saturated heterocycles. The van der Waals surface area contributed by atoms with E-state index in [1.165, 1.54) is 11.8 Å². The number of allylic oxidation sites excluding steroid dienone is 1. The molecule has 1 fully saturated rings. The molecule has 0 aliphatic carbocycles. The molecular formula is C27H36N4O6S. The topological polar surface area (TPSA) is 102 Å². The van der Waals surface area contributed by atoms with Gasteiger partial charge in [-0.15, -0.1) is 0 Å². The van der Waals surface area contributed by atoms with Crippen molar-refractivity contribution in [2.24, 2.45) is 4.99 Å². The van der Waals surface area contributed by atoms with Crippen LogP contribution in [0.3, 0.4) is 0 Å². The van der Waals surface area contributed by atoms with Gasteiger partial charge in [-0.2, -0.15) is 0 Å². The van der Waals surface area contributed by atoms with E-state index >= 15 is 0 Å². The van der Waals surface area contributed by atoms with E-state index < -0.39 is 12.0 Å². The van der Waals surface area contributed by atoms with E-state index in [0.717, 1.165) is 44.1 Å². The van der Waals surface area contributed by atoms with Gasteiger partial charge in [0.1, 0.15) is 11.5 Å². The lowest BCUT2D eigenvalue weighted by Crippen LogP contribution is -2.42. The van der Waals surface area contributed by atoms with E-state index in [1.54, 1.807) is 27.2 Å². The fourth-order valence-corrected chi connectivity index (χ4v) is 5.63. The van der Waals surface area contributed by atoms with Crippen LogP contribution in [0.4, 0.5) is 0 Å². The molecule has 1 aromatic carbocycles. The van der Waals surface area contributed by atoms with E-state index in [9.17, 15) is 9.59 Å². The summed E-state index contributed by atoms with van der Waals surface area (Å²) >= 11 is 1.43.